The molecule has 3 aliphatic heterocycles. The van der Waals surface area contributed by atoms with Gasteiger partial charge in [0, 0.05) is 56.9 Å². The van der Waals surface area contributed by atoms with Crippen LogP contribution < -0.4 is 10.6 Å². The minimum atomic E-state index is -0.221. The molecule has 4 fully saturated rings. The quantitative estimate of drug-likeness (QED) is 0.195. The largest absolute Gasteiger partial charge is 0.343 e. The van der Waals surface area contributed by atoms with Crippen LogP contribution in [0, 0.1) is 0 Å². The van der Waals surface area contributed by atoms with Gasteiger partial charge in [0.05, 0.1) is 5.92 Å². The number of nitrogens with zero attached hydrogens (tertiary/aromatic N) is 7. The predicted octanol–water partition coefficient (Wildman–Crippen LogP) is 5.79. The van der Waals surface area contributed by atoms with Gasteiger partial charge in [-0.1, -0.05) is 43.2 Å². The normalized spacial score (nSPS) is 21.1. The maximum atomic E-state index is 13.1. The summed E-state index contributed by atoms with van der Waals surface area (Å²) in [6, 6.07) is 15.5. The lowest BCUT2D eigenvalue weighted by Gasteiger charge is -2.42. The van der Waals surface area contributed by atoms with Crippen LogP contribution in [0.1, 0.15) is 109 Å². The van der Waals surface area contributed by atoms with Crippen molar-refractivity contribution in [3.63, 3.8) is 0 Å². The van der Waals surface area contributed by atoms with Gasteiger partial charge in [0.25, 0.3) is 5.91 Å². The molecule has 4 aliphatic rings. The molecule has 3 aromatic heterocycles. The van der Waals surface area contributed by atoms with Gasteiger partial charge < -0.3 is 24.6 Å². The highest BCUT2D eigenvalue weighted by atomic mass is 16.2. The van der Waals surface area contributed by atoms with Crippen molar-refractivity contribution >= 4 is 40.5 Å². The Morgan fingerprint density at radius 1 is 0.852 bits per heavy atom. The van der Waals surface area contributed by atoms with E-state index in [4.69, 9.17) is 9.97 Å². The van der Waals surface area contributed by atoms with E-state index in [9.17, 15) is 14.4 Å². The summed E-state index contributed by atoms with van der Waals surface area (Å²) < 4.78 is 2.14. The number of benzene rings is 1. The number of hydrogen-bond donors (Lipinski definition) is 2. The smallest absolute Gasteiger partial charge is 0.270 e. The number of pyridine rings is 1. The first-order valence-corrected chi connectivity index (χ1v) is 20.0. The van der Waals surface area contributed by atoms with Gasteiger partial charge in [0.1, 0.15) is 17.2 Å². The van der Waals surface area contributed by atoms with Crippen LogP contribution in [0.25, 0.3) is 11.0 Å². The van der Waals surface area contributed by atoms with Crippen molar-refractivity contribution in [3.05, 3.63) is 77.2 Å². The molecule has 1 aromatic carbocycles. The second-order valence-corrected chi connectivity index (χ2v) is 16.0. The van der Waals surface area contributed by atoms with Crippen molar-refractivity contribution in [3.8, 4) is 0 Å². The number of anilines is 2. The average Bonchev–Trinajstić information content (AvgIpc) is 3.86. The molecule has 2 N–H and O–H groups in total. The fraction of sp³-hybridized carbons (Fsp3) is 0.524. The summed E-state index contributed by atoms with van der Waals surface area (Å²) in [5, 5.41) is 6.66. The number of aromatic nitrogens is 4. The first-order chi connectivity index (χ1) is 26.3. The third-order valence-corrected chi connectivity index (χ3v) is 12.3. The van der Waals surface area contributed by atoms with Crippen LogP contribution >= 0.6 is 0 Å². The molecule has 54 heavy (non-hydrogen) atoms. The number of carbonyl (C=O) groups is 3. The molecule has 0 spiro atoms. The Hall–Kier alpha value is -4.68. The Bertz CT molecular complexity index is 1950. The molecule has 1 saturated carbocycles. The number of hydrogen-bond acceptors (Lipinski definition) is 9. The van der Waals surface area contributed by atoms with Gasteiger partial charge in [-0.3, -0.25) is 19.7 Å². The van der Waals surface area contributed by atoms with E-state index in [-0.39, 0.29) is 29.7 Å². The SMILES string of the molecule is CN(C)C(=O)c1cc2cnc(Nc3ccc(C4CCN(C5CCN(CCc6ccc(C7CCC(=O)NC7=O)cc6)CC5)CC4)cn3)nc2n1C1CCCC1. The number of fused-ring (bicyclic) bond motifs is 1. The number of piperidine rings is 3. The summed E-state index contributed by atoms with van der Waals surface area (Å²) in [5.41, 5.74) is 5.06. The fourth-order valence-electron chi connectivity index (χ4n) is 9.15. The Labute approximate surface area is 317 Å². The van der Waals surface area contributed by atoms with Gasteiger partial charge in [-0.15, -0.1) is 0 Å². The Kier molecular flexibility index (Phi) is 10.7. The number of imide groups is 1. The van der Waals surface area contributed by atoms with Crippen molar-refractivity contribution < 1.29 is 14.4 Å². The zero-order valence-corrected chi connectivity index (χ0v) is 31.7. The minimum absolute atomic E-state index is 0.0101. The van der Waals surface area contributed by atoms with E-state index in [1.807, 2.05) is 24.5 Å². The standard InChI is InChI=1S/C42H53N9O3/c1-48(2)41(54)36-25-32-27-44-42(47-39(32)51(36)34-5-3-4-6-34)45-37-13-11-31(26-43-37)29-16-23-50(24-17-29)33-18-21-49(22-19-33)20-15-28-7-9-30(10-8-28)35-12-14-38(52)46-40(35)53/h7-11,13,25-27,29,33-35H,3-6,12,14-24H2,1-2H3,(H,46,52,53)(H,43,44,45,47). The second-order valence-electron chi connectivity index (χ2n) is 16.0. The zero-order chi connectivity index (χ0) is 37.2. The van der Waals surface area contributed by atoms with Gasteiger partial charge in [-0.25, -0.2) is 9.97 Å². The van der Waals surface area contributed by atoms with Crippen LogP contribution in [0.4, 0.5) is 11.8 Å². The Morgan fingerprint density at radius 3 is 2.28 bits per heavy atom. The fourth-order valence-corrected chi connectivity index (χ4v) is 9.15. The summed E-state index contributed by atoms with van der Waals surface area (Å²) >= 11 is 0. The van der Waals surface area contributed by atoms with Gasteiger partial charge in [-0.05, 0) is 112 Å². The number of amides is 3. The van der Waals surface area contributed by atoms with Crippen LogP contribution in [-0.2, 0) is 16.0 Å². The van der Waals surface area contributed by atoms with Crippen LogP contribution in [0.2, 0.25) is 0 Å². The van der Waals surface area contributed by atoms with Crippen molar-refractivity contribution in [2.45, 2.75) is 94.5 Å². The molecule has 3 amide bonds. The molecule has 12 heteroatoms. The summed E-state index contributed by atoms with van der Waals surface area (Å²) in [6.45, 7) is 5.58. The molecule has 4 aromatic rings. The molecule has 3 saturated heterocycles. The molecular formula is C42H53N9O3. The number of nitrogens with one attached hydrogen (secondary N) is 2. The molecular weight excluding hydrogens is 679 g/mol. The van der Waals surface area contributed by atoms with Crippen LogP contribution in [0.5, 0.6) is 0 Å². The lowest BCUT2D eigenvalue weighted by Crippen LogP contribution is -2.47. The van der Waals surface area contributed by atoms with E-state index in [0.717, 1.165) is 87.2 Å². The lowest BCUT2D eigenvalue weighted by atomic mass is 9.88. The van der Waals surface area contributed by atoms with E-state index in [2.05, 4.69) is 60.3 Å². The van der Waals surface area contributed by atoms with Crippen molar-refractivity contribution in [1.82, 2.24) is 39.5 Å². The molecule has 1 unspecified atom stereocenters. The summed E-state index contributed by atoms with van der Waals surface area (Å²) in [6.07, 6.45) is 15.0. The summed E-state index contributed by atoms with van der Waals surface area (Å²) in [7, 11) is 3.58. The molecule has 6 heterocycles. The third-order valence-electron chi connectivity index (χ3n) is 12.3. The van der Waals surface area contributed by atoms with E-state index in [0.29, 0.717) is 36.4 Å². The monoisotopic (exact) mass is 731 g/mol. The second kappa shape index (κ2) is 16.0. The molecule has 1 atom stereocenters. The Morgan fingerprint density at radius 2 is 1.59 bits per heavy atom. The van der Waals surface area contributed by atoms with Gasteiger partial charge in [0.2, 0.25) is 17.8 Å². The Balaban J connectivity index is 0.799. The highest BCUT2D eigenvalue weighted by Crippen LogP contribution is 2.35. The lowest BCUT2D eigenvalue weighted by molar-refractivity contribution is -0.134. The minimum Gasteiger partial charge on any atom is -0.343 e. The molecule has 1 aliphatic carbocycles. The molecule has 8 rings (SSSR count). The maximum Gasteiger partial charge on any atom is 0.270 e. The van der Waals surface area contributed by atoms with Gasteiger partial charge in [-0.2, -0.15) is 4.98 Å². The number of rotatable bonds is 10. The average molecular weight is 732 g/mol. The molecule has 12 nitrogen and oxygen atoms in total. The van der Waals surface area contributed by atoms with E-state index in [1.54, 1.807) is 19.0 Å². The van der Waals surface area contributed by atoms with Crippen LogP contribution in [-0.4, -0.2) is 105 Å². The van der Waals surface area contributed by atoms with E-state index < -0.39 is 0 Å². The maximum absolute atomic E-state index is 13.1. The predicted molar refractivity (Wildman–Crippen MR) is 209 cm³/mol. The number of likely N-dealkylation sites (tertiary alicyclic amines) is 2. The summed E-state index contributed by atoms with van der Waals surface area (Å²) in [5.74, 6) is 1.15. The van der Waals surface area contributed by atoms with Crippen LogP contribution in [0.3, 0.4) is 0 Å². The van der Waals surface area contributed by atoms with E-state index in [1.165, 1.54) is 36.8 Å². The number of carbonyl (C=O) groups excluding carboxylic acids is 3. The van der Waals surface area contributed by atoms with Gasteiger partial charge in [0.15, 0.2) is 0 Å². The summed E-state index contributed by atoms with van der Waals surface area (Å²) in [4.78, 5) is 58.0. The van der Waals surface area contributed by atoms with Crippen molar-refractivity contribution in [1.29, 1.82) is 0 Å². The molecule has 0 bridgehead atoms. The third kappa shape index (κ3) is 7.91. The first kappa shape index (κ1) is 36.3. The highest BCUT2D eigenvalue weighted by Gasteiger charge is 2.30. The van der Waals surface area contributed by atoms with E-state index >= 15 is 0 Å². The first-order valence-electron chi connectivity index (χ1n) is 20.0. The molecule has 0 radical (unpaired) electrons. The topological polar surface area (TPSA) is 129 Å². The highest BCUT2D eigenvalue weighted by molar-refractivity contribution is 6.01. The van der Waals surface area contributed by atoms with Crippen molar-refractivity contribution in [2.24, 2.45) is 0 Å². The zero-order valence-electron chi connectivity index (χ0n) is 31.7. The van der Waals surface area contributed by atoms with Crippen molar-refractivity contribution in [2.75, 3.05) is 52.1 Å². The van der Waals surface area contributed by atoms with Crippen LogP contribution in [0.15, 0.2) is 54.9 Å². The van der Waals surface area contributed by atoms with Gasteiger partial charge >= 0.3 is 0 Å². The molecule has 284 valence electrons.